The highest BCUT2D eigenvalue weighted by molar-refractivity contribution is 5.74. The molecule has 1 aliphatic carbocycles. The van der Waals surface area contributed by atoms with E-state index in [1.807, 2.05) is 0 Å². The average molecular weight is 198 g/mol. The lowest BCUT2D eigenvalue weighted by molar-refractivity contribution is -0.153. The zero-order valence-corrected chi connectivity index (χ0v) is 9.38. The summed E-state index contributed by atoms with van der Waals surface area (Å²) in [5, 5.41) is 9.38. The second-order valence-corrected chi connectivity index (χ2v) is 4.88. The van der Waals surface area contributed by atoms with Crippen molar-refractivity contribution in [1.29, 1.82) is 0 Å². The normalized spacial score (nSPS) is 22.8. The molecule has 1 rings (SSSR count). The van der Waals surface area contributed by atoms with E-state index in [1.54, 1.807) is 0 Å². The van der Waals surface area contributed by atoms with Gasteiger partial charge in [-0.05, 0) is 18.8 Å². The van der Waals surface area contributed by atoms with Crippen molar-refractivity contribution >= 4 is 5.97 Å². The van der Waals surface area contributed by atoms with E-state index in [-0.39, 0.29) is 5.92 Å². The second-order valence-electron chi connectivity index (χ2n) is 4.88. The summed E-state index contributed by atoms with van der Waals surface area (Å²) in [6.07, 6.45) is 7.63. The van der Waals surface area contributed by atoms with Crippen LogP contribution in [0.15, 0.2) is 0 Å². The first-order valence-electron chi connectivity index (χ1n) is 5.83. The fourth-order valence-corrected chi connectivity index (χ4v) is 2.57. The van der Waals surface area contributed by atoms with Crippen LogP contribution in [0.1, 0.15) is 58.8 Å². The van der Waals surface area contributed by atoms with Gasteiger partial charge >= 0.3 is 5.97 Å². The molecule has 0 aromatic carbocycles. The maximum absolute atomic E-state index is 11.4. The largest absolute Gasteiger partial charge is 0.481 e. The van der Waals surface area contributed by atoms with Crippen LogP contribution in [0.2, 0.25) is 0 Å². The van der Waals surface area contributed by atoms with Crippen molar-refractivity contribution in [3.8, 4) is 0 Å². The molecule has 0 radical (unpaired) electrons. The van der Waals surface area contributed by atoms with Gasteiger partial charge in [0.25, 0.3) is 0 Å². The third kappa shape index (κ3) is 2.28. The van der Waals surface area contributed by atoms with Gasteiger partial charge in [0.2, 0.25) is 0 Å². The van der Waals surface area contributed by atoms with Crippen molar-refractivity contribution < 1.29 is 9.90 Å². The van der Waals surface area contributed by atoms with Crippen molar-refractivity contribution in [1.82, 2.24) is 0 Å². The van der Waals surface area contributed by atoms with Crippen LogP contribution in [0.5, 0.6) is 0 Å². The molecule has 1 aliphatic rings. The van der Waals surface area contributed by atoms with Crippen molar-refractivity contribution in [2.45, 2.75) is 58.8 Å². The molecule has 0 aromatic rings. The molecule has 1 fully saturated rings. The van der Waals surface area contributed by atoms with E-state index in [4.69, 9.17) is 0 Å². The van der Waals surface area contributed by atoms with E-state index in [9.17, 15) is 9.90 Å². The van der Waals surface area contributed by atoms with Gasteiger partial charge < -0.3 is 5.11 Å². The van der Waals surface area contributed by atoms with Crippen LogP contribution < -0.4 is 0 Å². The fraction of sp³-hybridized carbons (Fsp3) is 0.917. The van der Waals surface area contributed by atoms with Gasteiger partial charge in [-0.15, -0.1) is 0 Å². The number of hydrogen-bond donors (Lipinski definition) is 1. The third-order valence-corrected chi connectivity index (χ3v) is 3.78. The van der Waals surface area contributed by atoms with Crippen molar-refractivity contribution in [2.75, 3.05) is 0 Å². The van der Waals surface area contributed by atoms with Gasteiger partial charge in [-0.1, -0.05) is 46.0 Å². The summed E-state index contributed by atoms with van der Waals surface area (Å²) in [6, 6.07) is 0. The third-order valence-electron chi connectivity index (χ3n) is 3.78. The quantitative estimate of drug-likeness (QED) is 0.737. The van der Waals surface area contributed by atoms with Crippen LogP contribution in [-0.4, -0.2) is 11.1 Å². The van der Waals surface area contributed by atoms with Crippen LogP contribution in [-0.2, 0) is 4.79 Å². The number of aliphatic carboxylic acids is 1. The Morgan fingerprint density at radius 2 is 1.50 bits per heavy atom. The predicted molar refractivity (Wildman–Crippen MR) is 57.2 cm³/mol. The minimum absolute atomic E-state index is 0.262. The zero-order chi connectivity index (χ0) is 10.6. The van der Waals surface area contributed by atoms with E-state index in [1.165, 1.54) is 19.3 Å². The lowest BCUT2D eigenvalue weighted by Gasteiger charge is -2.34. The van der Waals surface area contributed by atoms with Gasteiger partial charge in [0.1, 0.15) is 0 Å². The Labute approximate surface area is 86.7 Å². The molecule has 1 saturated carbocycles. The SMILES string of the molecule is CC(C)C1(C(=O)O)CCCCCCC1. The fourth-order valence-electron chi connectivity index (χ4n) is 2.57. The molecular formula is C12H22O2. The molecule has 0 spiro atoms. The predicted octanol–water partition coefficient (Wildman–Crippen LogP) is 3.46. The molecule has 0 aromatic heterocycles. The number of carboxylic acid groups (broad SMARTS) is 1. The molecule has 0 amide bonds. The standard InChI is InChI=1S/C12H22O2/c1-10(2)12(11(13)14)8-6-4-3-5-7-9-12/h10H,3-9H2,1-2H3,(H,13,14). The molecule has 0 bridgehead atoms. The summed E-state index contributed by atoms with van der Waals surface area (Å²) >= 11 is 0. The lowest BCUT2D eigenvalue weighted by Crippen LogP contribution is -2.36. The Bertz CT molecular complexity index is 188. The minimum atomic E-state index is -0.575. The van der Waals surface area contributed by atoms with Crippen LogP contribution in [0, 0.1) is 11.3 Å². The van der Waals surface area contributed by atoms with Gasteiger partial charge in [-0.2, -0.15) is 0 Å². The van der Waals surface area contributed by atoms with Gasteiger partial charge in [0.15, 0.2) is 0 Å². The smallest absolute Gasteiger partial charge is 0.309 e. The summed E-state index contributed by atoms with van der Waals surface area (Å²) in [5.74, 6) is -0.312. The Morgan fingerprint density at radius 3 is 1.86 bits per heavy atom. The maximum Gasteiger partial charge on any atom is 0.309 e. The molecule has 0 atom stereocenters. The Balaban J connectivity index is 2.76. The number of rotatable bonds is 2. The Kier molecular flexibility index (Phi) is 3.97. The van der Waals surface area contributed by atoms with Crippen molar-refractivity contribution in [3.63, 3.8) is 0 Å². The molecule has 82 valence electrons. The minimum Gasteiger partial charge on any atom is -0.481 e. The summed E-state index contributed by atoms with van der Waals surface area (Å²) in [7, 11) is 0. The van der Waals surface area contributed by atoms with Crippen LogP contribution in [0.4, 0.5) is 0 Å². The van der Waals surface area contributed by atoms with E-state index in [2.05, 4.69) is 13.8 Å². The molecule has 2 heteroatoms. The highest BCUT2D eigenvalue weighted by Gasteiger charge is 2.40. The van der Waals surface area contributed by atoms with E-state index in [0.717, 1.165) is 25.7 Å². The summed E-state index contributed by atoms with van der Waals surface area (Å²) in [5.41, 5.74) is -0.430. The molecule has 0 aliphatic heterocycles. The molecule has 0 unspecified atom stereocenters. The molecule has 0 heterocycles. The average Bonchev–Trinajstić information content (AvgIpc) is 2.02. The number of hydrogen-bond acceptors (Lipinski definition) is 1. The topological polar surface area (TPSA) is 37.3 Å². The lowest BCUT2D eigenvalue weighted by atomic mass is 9.69. The monoisotopic (exact) mass is 198 g/mol. The van der Waals surface area contributed by atoms with Crippen molar-refractivity contribution in [3.05, 3.63) is 0 Å². The van der Waals surface area contributed by atoms with Gasteiger partial charge in [0.05, 0.1) is 5.41 Å². The van der Waals surface area contributed by atoms with E-state index >= 15 is 0 Å². The summed E-state index contributed by atoms with van der Waals surface area (Å²) in [4.78, 5) is 11.4. The Morgan fingerprint density at radius 1 is 1.07 bits per heavy atom. The van der Waals surface area contributed by atoms with Crippen LogP contribution >= 0.6 is 0 Å². The zero-order valence-electron chi connectivity index (χ0n) is 9.38. The molecular weight excluding hydrogens is 176 g/mol. The summed E-state index contributed by atoms with van der Waals surface area (Å²) in [6.45, 7) is 4.10. The maximum atomic E-state index is 11.4. The number of carboxylic acids is 1. The van der Waals surface area contributed by atoms with Gasteiger partial charge in [-0.25, -0.2) is 0 Å². The first kappa shape index (κ1) is 11.5. The van der Waals surface area contributed by atoms with E-state index in [0.29, 0.717) is 0 Å². The highest BCUT2D eigenvalue weighted by atomic mass is 16.4. The number of carbonyl (C=O) groups is 1. The van der Waals surface area contributed by atoms with Crippen LogP contribution in [0.3, 0.4) is 0 Å². The first-order valence-corrected chi connectivity index (χ1v) is 5.83. The van der Waals surface area contributed by atoms with Gasteiger partial charge in [-0.3, -0.25) is 4.79 Å². The highest BCUT2D eigenvalue weighted by Crippen LogP contribution is 2.40. The summed E-state index contributed by atoms with van der Waals surface area (Å²) < 4.78 is 0. The Hall–Kier alpha value is -0.530. The van der Waals surface area contributed by atoms with Crippen molar-refractivity contribution in [2.24, 2.45) is 11.3 Å². The first-order chi connectivity index (χ1) is 6.59. The molecule has 2 nitrogen and oxygen atoms in total. The van der Waals surface area contributed by atoms with Crippen LogP contribution in [0.25, 0.3) is 0 Å². The molecule has 0 saturated heterocycles. The second kappa shape index (κ2) is 4.81. The molecule has 14 heavy (non-hydrogen) atoms. The van der Waals surface area contributed by atoms with E-state index < -0.39 is 11.4 Å². The molecule has 1 N–H and O–H groups in total. The van der Waals surface area contributed by atoms with Gasteiger partial charge in [0, 0.05) is 0 Å².